The zero-order valence-electron chi connectivity index (χ0n) is 25.8. The van der Waals surface area contributed by atoms with Crippen LogP contribution in [0.25, 0.3) is 0 Å². The molecule has 0 aliphatic carbocycles. The molecule has 2 amide bonds. The molecule has 0 aromatic heterocycles. The number of amides is 2. The predicted molar refractivity (Wildman–Crippen MR) is 171 cm³/mol. The van der Waals surface area contributed by atoms with Gasteiger partial charge in [-0.2, -0.15) is 0 Å². The number of nitrogens with zero attached hydrogens (tertiary/aromatic N) is 3. The van der Waals surface area contributed by atoms with E-state index in [0.717, 1.165) is 10.4 Å². The van der Waals surface area contributed by atoms with E-state index in [1.807, 2.05) is 6.92 Å². The number of benzene rings is 3. The summed E-state index contributed by atoms with van der Waals surface area (Å²) in [5.41, 5.74) is 0.439. The Bertz CT molecular complexity index is 1650. The van der Waals surface area contributed by atoms with Crippen LogP contribution in [0, 0.1) is 17.0 Å². The van der Waals surface area contributed by atoms with Crippen molar-refractivity contribution in [1.82, 2.24) is 10.2 Å². The molecule has 0 aliphatic heterocycles. The number of aryl methyl sites for hydroxylation is 1. The number of nitrogens with one attached hydrogen (secondary N) is 1. The molecule has 3 aromatic rings. The molecule has 0 saturated heterocycles. The maximum absolute atomic E-state index is 14.3. The number of ether oxygens (including phenoxy) is 2. The first-order valence-electron chi connectivity index (χ1n) is 14.2. The van der Waals surface area contributed by atoms with Crippen molar-refractivity contribution in [2.24, 2.45) is 0 Å². The second-order valence-corrected chi connectivity index (χ2v) is 12.4. The van der Waals surface area contributed by atoms with Crippen molar-refractivity contribution in [2.75, 3.05) is 31.6 Å². The Morgan fingerprint density at radius 1 is 1.04 bits per heavy atom. The fraction of sp³-hybridized carbons (Fsp3) is 0.355. The summed E-state index contributed by atoms with van der Waals surface area (Å²) in [6, 6.07) is 13.8. The Kier molecular flexibility index (Phi) is 12.2. The van der Waals surface area contributed by atoms with Crippen molar-refractivity contribution in [2.45, 2.75) is 51.1 Å². The number of anilines is 1. The number of hydrogen-bond donors (Lipinski definition) is 1. The molecule has 0 heterocycles. The van der Waals surface area contributed by atoms with Crippen LogP contribution in [0.1, 0.15) is 37.8 Å². The van der Waals surface area contributed by atoms with Gasteiger partial charge in [-0.3, -0.25) is 24.0 Å². The maximum Gasteiger partial charge on any atom is 0.273 e. The number of hydrogen-bond acceptors (Lipinski definition) is 8. The van der Waals surface area contributed by atoms with Crippen LogP contribution in [0.5, 0.6) is 11.5 Å². The highest BCUT2D eigenvalue weighted by atomic mass is 35.5. The average molecular weight is 661 g/mol. The van der Waals surface area contributed by atoms with Crippen molar-refractivity contribution < 1.29 is 32.4 Å². The van der Waals surface area contributed by atoms with Gasteiger partial charge in [0.05, 0.1) is 29.7 Å². The van der Waals surface area contributed by atoms with Crippen LogP contribution in [0.2, 0.25) is 5.02 Å². The number of halogens is 1. The largest absolute Gasteiger partial charge is 0.497 e. The number of nitro groups is 1. The van der Waals surface area contributed by atoms with Crippen molar-refractivity contribution in [3.8, 4) is 11.5 Å². The van der Waals surface area contributed by atoms with E-state index in [2.05, 4.69) is 5.32 Å². The van der Waals surface area contributed by atoms with Crippen molar-refractivity contribution in [3.05, 3.63) is 86.9 Å². The minimum atomic E-state index is -4.63. The van der Waals surface area contributed by atoms with Gasteiger partial charge < -0.3 is 19.7 Å². The fourth-order valence-electron chi connectivity index (χ4n) is 4.70. The van der Waals surface area contributed by atoms with Gasteiger partial charge in [-0.15, -0.1) is 0 Å². The van der Waals surface area contributed by atoms with Gasteiger partial charge in [-0.1, -0.05) is 43.6 Å². The standard InChI is InChI=1S/C31H37ClN4O8S/c1-6-15-33-31(38)26(7-2)34(19-22-9-8-10-24(16-22)43-4)30(37)20-35(28-17-23(32)12-14-29(28)44-5)45(41,42)25-13-11-21(3)27(18-25)36(39)40/h8-14,16-18,26H,6-7,15,19-20H2,1-5H3,(H,33,38)/t26-/m1/s1. The molecule has 14 heteroatoms. The molecule has 1 N–H and O–H groups in total. The van der Waals surface area contributed by atoms with Crippen LogP contribution in [0.15, 0.2) is 65.6 Å². The Labute approximate surface area is 268 Å². The van der Waals surface area contributed by atoms with Gasteiger partial charge in [0.1, 0.15) is 24.1 Å². The smallest absolute Gasteiger partial charge is 0.273 e. The molecule has 3 aromatic carbocycles. The van der Waals surface area contributed by atoms with E-state index in [-0.39, 0.29) is 40.9 Å². The van der Waals surface area contributed by atoms with Gasteiger partial charge >= 0.3 is 0 Å². The zero-order valence-corrected chi connectivity index (χ0v) is 27.4. The lowest BCUT2D eigenvalue weighted by Crippen LogP contribution is -2.52. The van der Waals surface area contributed by atoms with Crippen LogP contribution in [-0.4, -0.2) is 63.4 Å². The van der Waals surface area contributed by atoms with Gasteiger partial charge in [0.25, 0.3) is 15.7 Å². The summed E-state index contributed by atoms with van der Waals surface area (Å²) in [6.07, 6.45) is 0.915. The summed E-state index contributed by atoms with van der Waals surface area (Å²) in [5, 5.41) is 14.7. The van der Waals surface area contributed by atoms with Crippen molar-refractivity contribution >= 4 is 44.8 Å². The van der Waals surface area contributed by atoms with Crippen LogP contribution in [0.3, 0.4) is 0 Å². The van der Waals surface area contributed by atoms with Crippen LogP contribution < -0.4 is 19.1 Å². The summed E-state index contributed by atoms with van der Waals surface area (Å²) in [5.74, 6) is -0.468. The van der Waals surface area contributed by atoms with Crippen LogP contribution >= 0.6 is 11.6 Å². The molecule has 0 aliphatic rings. The number of nitro benzene ring substituents is 1. The third-order valence-corrected chi connectivity index (χ3v) is 9.07. The highest BCUT2D eigenvalue weighted by molar-refractivity contribution is 7.92. The van der Waals surface area contributed by atoms with E-state index in [9.17, 15) is 28.1 Å². The van der Waals surface area contributed by atoms with Crippen molar-refractivity contribution in [1.29, 1.82) is 0 Å². The molecule has 0 spiro atoms. The number of sulfonamides is 1. The molecule has 0 unspecified atom stereocenters. The average Bonchev–Trinajstić information content (AvgIpc) is 3.02. The quantitative estimate of drug-likeness (QED) is 0.175. The molecule has 242 valence electrons. The highest BCUT2D eigenvalue weighted by Gasteiger charge is 2.35. The van der Waals surface area contributed by atoms with E-state index in [1.54, 1.807) is 31.2 Å². The number of carbonyl (C=O) groups excluding carboxylic acids is 2. The van der Waals surface area contributed by atoms with E-state index < -0.39 is 44.0 Å². The first kappa shape index (κ1) is 35.1. The topological polar surface area (TPSA) is 148 Å². The molecule has 1 atom stereocenters. The van der Waals surface area contributed by atoms with Crippen LogP contribution in [0.4, 0.5) is 11.4 Å². The fourth-order valence-corrected chi connectivity index (χ4v) is 6.30. The molecule has 45 heavy (non-hydrogen) atoms. The first-order chi connectivity index (χ1) is 21.4. The Hall–Kier alpha value is -4.36. The normalized spacial score (nSPS) is 11.8. The minimum absolute atomic E-state index is 0.0370. The summed E-state index contributed by atoms with van der Waals surface area (Å²) in [4.78, 5) is 39.5. The van der Waals surface area contributed by atoms with Gasteiger partial charge in [0.2, 0.25) is 11.8 Å². The molecule has 12 nitrogen and oxygen atoms in total. The van der Waals surface area contributed by atoms with E-state index >= 15 is 0 Å². The van der Waals surface area contributed by atoms with Crippen LogP contribution in [-0.2, 0) is 26.2 Å². The maximum atomic E-state index is 14.3. The molecule has 0 bridgehead atoms. The molecule has 0 saturated carbocycles. The summed E-state index contributed by atoms with van der Waals surface area (Å²) in [7, 11) is -1.80. The lowest BCUT2D eigenvalue weighted by molar-refractivity contribution is -0.385. The van der Waals surface area contributed by atoms with E-state index in [0.29, 0.717) is 24.3 Å². The molecule has 0 radical (unpaired) electrons. The Morgan fingerprint density at radius 3 is 2.40 bits per heavy atom. The number of rotatable bonds is 15. The molecule has 3 rings (SSSR count). The predicted octanol–water partition coefficient (Wildman–Crippen LogP) is 5.10. The van der Waals surface area contributed by atoms with Gasteiger partial charge in [0.15, 0.2) is 0 Å². The monoisotopic (exact) mass is 660 g/mol. The minimum Gasteiger partial charge on any atom is -0.497 e. The summed E-state index contributed by atoms with van der Waals surface area (Å²) in [6.45, 7) is 4.72. The third-order valence-electron chi connectivity index (χ3n) is 7.08. The highest BCUT2D eigenvalue weighted by Crippen LogP contribution is 2.36. The molecule has 0 fully saturated rings. The Balaban J connectivity index is 2.19. The van der Waals surface area contributed by atoms with Crippen molar-refractivity contribution in [3.63, 3.8) is 0 Å². The first-order valence-corrected chi connectivity index (χ1v) is 16.0. The number of methoxy groups -OCH3 is 2. The molecular formula is C31H37ClN4O8S. The van der Waals surface area contributed by atoms with Gasteiger partial charge in [-0.25, -0.2) is 8.42 Å². The number of carbonyl (C=O) groups is 2. The van der Waals surface area contributed by atoms with E-state index in [4.69, 9.17) is 21.1 Å². The Morgan fingerprint density at radius 2 is 1.78 bits per heavy atom. The van der Waals surface area contributed by atoms with E-state index in [1.165, 1.54) is 56.4 Å². The summed E-state index contributed by atoms with van der Waals surface area (Å²) < 4.78 is 40.1. The third kappa shape index (κ3) is 8.43. The van der Waals surface area contributed by atoms with Gasteiger partial charge in [0, 0.05) is 29.7 Å². The molecular weight excluding hydrogens is 624 g/mol. The van der Waals surface area contributed by atoms with Gasteiger partial charge in [-0.05, 0) is 61.7 Å². The second-order valence-electron chi connectivity index (χ2n) is 10.1. The zero-order chi connectivity index (χ0) is 33.3. The SMILES string of the molecule is CCCNC(=O)[C@@H](CC)N(Cc1cccc(OC)c1)C(=O)CN(c1cc(Cl)ccc1OC)S(=O)(=O)c1ccc(C)c([N+](=O)[O-])c1. The summed E-state index contributed by atoms with van der Waals surface area (Å²) >= 11 is 6.27. The second kappa shape index (κ2) is 15.6. The lowest BCUT2D eigenvalue weighted by Gasteiger charge is -2.33. The lowest BCUT2D eigenvalue weighted by atomic mass is 10.1.